The van der Waals surface area contributed by atoms with E-state index in [9.17, 15) is 19.8 Å². The maximum Gasteiger partial charge on any atom is 0.312 e. The number of aromatic hydroxyl groups is 2. The molecule has 0 spiro atoms. The molecule has 4 rings (SSSR count). The van der Waals surface area contributed by atoms with Crippen LogP contribution in [0.5, 0.6) is 34.5 Å². The lowest BCUT2D eigenvalue weighted by Gasteiger charge is -2.14. The van der Waals surface area contributed by atoms with Crippen molar-refractivity contribution in [2.45, 2.75) is 102 Å². The molecule has 0 aliphatic rings. The van der Waals surface area contributed by atoms with Crippen LogP contribution >= 0.6 is 0 Å². The summed E-state index contributed by atoms with van der Waals surface area (Å²) < 4.78 is 11.8. The maximum absolute atomic E-state index is 11.4. The molecule has 9 heteroatoms. The van der Waals surface area contributed by atoms with Crippen LogP contribution in [0, 0.1) is 27.7 Å². The number of hydrogen-bond acceptors (Lipinski definition) is 6. The number of primary amides is 1. The number of benzene rings is 4. The minimum atomic E-state index is -0.491. The van der Waals surface area contributed by atoms with Crippen LogP contribution in [-0.4, -0.2) is 35.7 Å². The van der Waals surface area contributed by atoms with Crippen molar-refractivity contribution in [1.29, 1.82) is 0 Å². The Hall–Kier alpha value is -5.18. The lowest BCUT2D eigenvalue weighted by Crippen LogP contribution is -2.30. The number of nitrogens with one attached hydrogen (secondary N) is 2. The third kappa shape index (κ3) is 18.7. The largest absolute Gasteiger partial charge is 0.508 e. The van der Waals surface area contributed by atoms with Gasteiger partial charge in [0.05, 0.1) is 6.42 Å². The third-order valence-electron chi connectivity index (χ3n) is 6.74. The first-order chi connectivity index (χ1) is 24.9. The first kappa shape index (κ1) is 48.9. The van der Waals surface area contributed by atoms with Gasteiger partial charge in [-0.05, 0) is 122 Å². The molecule has 0 saturated carbocycles. The molecule has 4 aromatic rings. The Morgan fingerprint density at radius 1 is 0.615 bits per heavy atom. The first-order valence-corrected chi connectivity index (χ1v) is 18.3. The van der Waals surface area contributed by atoms with Gasteiger partial charge in [-0.2, -0.15) is 0 Å². The number of hydrogen-bond donors (Lipinski definition) is 5. The van der Waals surface area contributed by atoms with Gasteiger partial charge in [0.15, 0.2) is 0 Å². The van der Waals surface area contributed by atoms with Crippen LogP contribution in [0.3, 0.4) is 0 Å². The van der Waals surface area contributed by atoms with Crippen LogP contribution in [0.25, 0.3) is 0 Å². The molecule has 3 amide bonds. The molecular formula is C43H65N3O6. The Bertz CT molecular complexity index is 1520. The van der Waals surface area contributed by atoms with Crippen molar-refractivity contribution in [2.75, 3.05) is 13.6 Å². The van der Waals surface area contributed by atoms with Crippen LogP contribution in [0.1, 0.15) is 95.2 Å². The van der Waals surface area contributed by atoms with E-state index in [0.717, 1.165) is 52.2 Å². The van der Waals surface area contributed by atoms with Gasteiger partial charge in [0.25, 0.3) is 0 Å². The molecule has 4 aromatic carbocycles. The van der Waals surface area contributed by atoms with E-state index in [0.29, 0.717) is 24.5 Å². The predicted octanol–water partition coefficient (Wildman–Crippen LogP) is 10.6. The summed E-state index contributed by atoms with van der Waals surface area (Å²) in [7, 11) is 1.63. The summed E-state index contributed by atoms with van der Waals surface area (Å²) in [5.74, 6) is 3.37. The van der Waals surface area contributed by atoms with Gasteiger partial charge in [-0.3, -0.25) is 4.79 Å². The standard InChI is InChI=1S/C18H22N2O3.C17H19NO3.4C2H6/c1-12-10-14(4-3-9-20-18(19)22)11-13(2)17(12)23-16-7-5-15(21)6-8-16;1-11-8-13(10-16(20)18-3)9-12(2)17(11)21-15-6-4-14(19)5-7-15;4*1-2/h5-8,10-11,21H,3-4,9H2,1-2H3,(H3,19,20,22);4-9,19H,10H2,1-3H3,(H,18,20);4*1-2H3. The number of phenolic OH excluding ortho intramolecular Hbond substituents is 2. The molecule has 0 heterocycles. The van der Waals surface area contributed by atoms with E-state index in [2.05, 4.69) is 22.8 Å². The van der Waals surface area contributed by atoms with Crippen molar-refractivity contribution >= 4 is 11.9 Å². The summed E-state index contributed by atoms with van der Waals surface area (Å²) in [6.45, 7) is 24.5. The SMILES string of the molecule is CC.CC.CC.CC.CNC(=O)Cc1cc(C)c(Oc2ccc(O)cc2)c(C)c1.Cc1cc(CCCNC(N)=O)cc(C)c1Oc1ccc(O)cc1. The van der Waals surface area contributed by atoms with Crippen molar-refractivity contribution in [3.8, 4) is 34.5 Å². The van der Waals surface area contributed by atoms with Gasteiger partial charge in [-0.25, -0.2) is 4.79 Å². The fraction of sp³-hybridized carbons (Fsp3) is 0.395. The highest BCUT2D eigenvalue weighted by Gasteiger charge is 2.11. The summed E-state index contributed by atoms with van der Waals surface area (Å²) in [6.07, 6.45) is 2.05. The zero-order valence-electron chi connectivity index (χ0n) is 33.9. The molecule has 0 aliphatic carbocycles. The average molecular weight is 720 g/mol. The number of phenols is 2. The quantitative estimate of drug-likeness (QED) is 0.103. The monoisotopic (exact) mass is 719 g/mol. The highest BCUT2D eigenvalue weighted by Crippen LogP contribution is 2.32. The molecule has 0 bridgehead atoms. The smallest absolute Gasteiger partial charge is 0.312 e. The normalized spacial score (nSPS) is 9.17. The molecule has 0 fully saturated rings. The van der Waals surface area contributed by atoms with Crippen LogP contribution in [0.4, 0.5) is 4.79 Å². The lowest BCUT2D eigenvalue weighted by molar-refractivity contribution is -0.119. The van der Waals surface area contributed by atoms with Crippen molar-refractivity contribution in [3.63, 3.8) is 0 Å². The molecular weight excluding hydrogens is 654 g/mol. The number of carbonyl (C=O) groups excluding carboxylic acids is 2. The maximum atomic E-state index is 11.4. The molecule has 0 unspecified atom stereocenters. The zero-order chi connectivity index (χ0) is 40.2. The highest BCUT2D eigenvalue weighted by atomic mass is 16.5. The van der Waals surface area contributed by atoms with Crippen molar-refractivity contribution in [3.05, 3.63) is 106 Å². The minimum Gasteiger partial charge on any atom is -0.508 e. The fourth-order valence-electron chi connectivity index (χ4n) is 4.69. The number of amides is 3. The number of likely N-dealkylation sites (N-methyl/N-ethyl adjacent to an activating group) is 1. The molecule has 0 atom stereocenters. The molecule has 6 N–H and O–H groups in total. The summed E-state index contributed by atoms with van der Waals surface area (Å²) in [4.78, 5) is 22.1. The summed E-state index contributed by atoms with van der Waals surface area (Å²) >= 11 is 0. The second-order valence-corrected chi connectivity index (χ2v) is 10.6. The Kier molecular flexibility index (Phi) is 26.8. The molecule has 0 saturated heterocycles. The lowest BCUT2D eigenvalue weighted by atomic mass is 10.0. The van der Waals surface area contributed by atoms with Crippen molar-refractivity contribution in [2.24, 2.45) is 5.73 Å². The van der Waals surface area contributed by atoms with E-state index in [1.54, 1.807) is 55.6 Å². The van der Waals surface area contributed by atoms with Gasteiger partial charge < -0.3 is 36.1 Å². The number of nitrogens with two attached hydrogens (primary N) is 1. The van der Waals surface area contributed by atoms with Gasteiger partial charge in [-0.1, -0.05) is 79.7 Å². The number of rotatable bonds is 10. The van der Waals surface area contributed by atoms with E-state index >= 15 is 0 Å². The number of ether oxygens (including phenoxy) is 2. The van der Waals surface area contributed by atoms with Crippen molar-refractivity contribution < 1.29 is 29.3 Å². The first-order valence-electron chi connectivity index (χ1n) is 18.3. The number of urea groups is 1. The zero-order valence-corrected chi connectivity index (χ0v) is 33.9. The van der Waals surface area contributed by atoms with E-state index in [1.807, 2.05) is 95.2 Å². The Morgan fingerprint density at radius 3 is 1.29 bits per heavy atom. The predicted molar refractivity (Wildman–Crippen MR) is 217 cm³/mol. The summed E-state index contributed by atoms with van der Waals surface area (Å²) in [5, 5.41) is 23.8. The van der Waals surface area contributed by atoms with E-state index in [1.165, 1.54) is 5.56 Å². The third-order valence-corrected chi connectivity index (χ3v) is 6.74. The molecule has 0 aliphatic heterocycles. The molecule has 288 valence electrons. The molecule has 0 radical (unpaired) electrons. The summed E-state index contributed by atoms with van der Waals surface area (Å²) in [6, 6.07) is 20.9. The number of aryl methyl sites for hydroxylation is 5. The summed E-state index contributed by atoms with van der Waals surface area (Å²) in [5.41, 5.74) is 11.3. The van der Waals surface area contributed by atoms with Crippen LogP contribution in [-0.2, 0) is 17.6 Å². The second-order valence-electron chi connectivity index (χ2n) is 10.6. The van der Waals surface area contributed by atoms with E-state index in [4.69, 9.17) is 15.2 Å². The van der Waals surface area contributed by atoms with Gasteiger partial charge in [0.1, 0.15) is 34.5 Å². The van der Waals surface area contributed by atoms with Gasteiger partial charge in [0, 0.05) is 13.6 Å². The minimum absolute atomic E-state index is 0.0130. The van der Waals surface area contributed by atoms with Crippen LogP contribution in [0.15, 0.2) is 72.8 Å². The Morgan fingerprint density at radius 2 is 0.962 bits per heavy atom. The molecule has 0 aromatic heterocycles. The van der Waals surface area contributed by atoms with Gasteiger partial charge >= 0.3 is 6.03 Å². The van der Waals surface area contributed by atoms with Crippen LogP contribution in [0.2, 0.25) is 0 Å². The van der Waals surface area contributed by atoms with Gasteiger partial charge in [-0.15, -0.1) is 0 Å². The van der Waals surface area contributed by atoms with Gasteiger partial charge in [0.2, 0.25) is 5.91 Å². The Labute approximate surface area is 313 Å². The Balaban J connectivity index is 0. The second kappa shape index (κ2) is 28.5. The van der Waals surface area contributed by atoms with E-state index < -0.39 is 6.03 Å². The van der Waals surface area contributed by atoms with Crippen LogP contribution < -0.4 is 25.8 Å². The highest BCUT2D eigenvalue weighted by molar-refractivity contribution is 5.78. The molecule has 52 heavy (non-hydrogen) atoms. The van der Waals surface area contributed by atoms with Crippen molar-refractivity contribution in [1.82, 2.24) is 10.6 Å². The number of carbonyl (C=O) groups is 2. The topological polar surface area (TPSA) is 143 Å². The fourth-order valence-corrected chi connectivity index (χ4v) is 4.69. The molecule has 9 nitrogen and oxygen atoms in total. The average Bonchev–Trinajstić information content (AvgIpc) is 3.15. The van der Waals surface area contributed by atoms with E-state index in [-0.39, 0.29) is 17.4 Å².